The highest BCUT2D eigenvalue weighted by molar-refractivity contribution is 5.89. The molecule has 1 aromatic rings. The smallest absolute Gasteiger partial charge is 0.227 e. The largest absolute Gasteiger partial charge is 0.343 e. The molecule has 22 heavy (non-hydrogen) atoms. The van der Waals surface area contributed by atoms with Gasteiger partial charge in [-0.3, -0.25) is 9.59 Å². The maximum absolute atomic E-state index is 12.5. The predicted octanol–water partition coefficient (Wildman–Crippen LogP) is 2.60. The number of hydrogen-bond donors (Lipinski definition) is 0. The second kappa shape index (κ2) is 6.95. The summed E-state index contributed by atoms with van der Waals surface area (Å²) in [5, 5.41) is 0. The van der Waals surface area contributed by atoms with Gasteiger partial charge in [-0.2, -0.15) is 0 Å². The maximum atomic E-state index is 12.5. The molecule has 4 nitrogen and oxygen atoms in total. The molecule has 1 aliphatic heterocycles. The molecule has 0 N–H and O–H groups in total. The molecule has 1 fully saturated rings. The molecule has 120 valence electrons. The maximum Gasteiger partial charge on any atom is 0.227 e. The molecular weight excluding hydrogens is 276 g/mol. The van der Waals surface area contributed by atoms with E-state index in [1.807, 2.05) is 33.0 Å². The third-order valence-electron chi connectivity index (χ3n) is 4.66. The minimum atomic E-state index is -0.197. The first-order chi connectivity index (χ1) is 10.4. The molecular formula is C18H26N2O2. The van der Waals surface area contributed by atoms with E-state index in [2.05, 4.69) is 19.1 Å². The Hall–Kier alpha value is -1.84. The van der Waals surface area contributed by atoms with Gasteiger partial charge in [0.2, 0.25) is 11.8 Å². The Bertz CT molecular complexity index is 539. The highest BCUT2D eigenvalue weighted by Crippen LogP contribution is 2.23. The van der Waals surface area contributed by atoms with E-state index in [1.165, 1.54) is 5.56 Å². The van der Waals surface area contributed by atoms with Crippen molar-refractivity contribution in [1.29, 1.82) is 0 Å². The van der Waals surface area contributed by atoms with Gasteiger partial charge in [-0.1, -0.05) is 36.8 Å². The van der Waals surface area contributed by atoms with Gasteiger partial charge in [0.05, 0.1) is 5.92 Å². The first-order valence-electron chi connectivity index (χ1n) is 8.02. The van der Waals surface area contributed by atoms with E-state index in [4.69, 9.17) is 0 Å². The minimum Gasteiger partial charge on any atom is -0.343 e. The summed E-state index contributed by atoms with van der Waals surface area (Å²) in [5.74, 6) is -0.0254. The summed E-state index contributed by atoms with van der Waals surface area (Å²) >= 11 is 0. The normalized spacial score (nSPS) is 19.4. The summed E-state index contributed by atoms with van der Waals surface area (Å²) in [5.41, 5.74) is 2.32. The Kier molecular flexibility index (Phi) is 5.22. The summed E-state index contributed by atoms with van der Waals surface area (Å²) in [6.07, 6.45) is 1.27. The number of likely N-dealkylation sites (tertiary alicyclic amines) is 1. The first-order valence-corrected chi connectivity index (χ1v) is 8.02. The van der Waals surface area contributed by atoms with Crippen molar-refractivity contribution in [3.05, 3.63) is 35.4 Å². The van der Waals surface area contributed by atoms with Gasteiger partial charge in [0.1, 0.15) is 0 Å². The number of nitrogens with zero attached hydrogens (tertiary/aromatic N) is 2. The molecule has 0 bridgehead atoms. The van der Waals surface area contributed by atoms with Crippen LogP contribution >= 0.6 is 0 Å². The van der Waals surface area contributed by atoms with Crippen molar-refractivity contribution in [1.82, 2.24) is 9.80 Å². The van der Waals surface area contributed by atoms with E-state index < -0.39 is 0 Å². The molecule has 0 aliphatic carbocycles. The van der Waals surface area contributed by atoms with Gasteiger partial charge in [0, 0.05) is 32.6 Å². The molecule has 2 amide bonds. The topological polar surface area (TPSA) is 40.6 Å². The average molecular weight is 302 g/mol. The molecule has 0 radical (unpaired) electrons. The third-order valence-corrected chi connectivity index (χ3v) is 4.66. The van der Waals surface area contributed by atoms with Crippen molar-refractivity contribution in [2.75, 3.05) is 13.6 Å². The van der Waals surface area contributed by atoms with E-state index in [0.29, 0.717) is 19.5 Å². The second-order valence-electron chi connectivity index (χ2n) is 6.37. The number of carbonyl (C=O) groups excluding carboxylic acids is 2. The van der Waals surface area contributed by atoms with Gasteiger partial charge in [-0.15, -0.1) is 0 Å². The summed E-state index contributed by atoms with van der Waals surface area (Å²) in [6, 6.07) is 8.41. The standard InChI is InChI=1S/C18H26N2O2/c1-5-14(3)19(4)18(22)16-10-17(21)20(12-16)11-15-8-6-13(2)7-9-15/h6-9,14,16H,5,10-12H2,1-4H3. The van der Waals surface area contributed by atoms with Gasteiger partial charge in [0.15, 0.2) is 0 Å². The average Bonchev–Trinajstić information content (AvgIpc) is 2.88. The summed E-state index contributed by atoms with van der Waals surface area (Å²) < 4.78 is 0. The second-order valence-corrected chi connectivity index (χ2v) is 6.37. The van der Waals surface area contributed by atoms with Crippen LogP contribution in [-0.2, 0) is 16.1 Å². The molecule has 1 saturated heterocycles. The molecule has 2 unspecified atom stereocenters. The SMILES string of the molecule is CCC(C)N(C)C(=O)C1CC(=O)N(Cc2ccc(C)cc2)C1. The highest BCUT2D eigenvalue weighted by Gasteiger charge is 2.36. The van der Waals surface area contributed by atoms with E-state index in [9.17, 15) is 9.59 Å². The van der Waals surface area contributed by atoms with Crippen LogP contribution in [0.1, 0.15) is 37.8 Å². The van der Waals surface area contributed by atoms with Gasteiger partial charge in [0.25, 0.3) is 0 Å². The van der Waals surface area contributed by atoms with E-state index in [-0.39, 0.29) is 23.8 Å². The molecule has 1 aromatic carbocycles. The third kappa shape index (κ3) is 3.67. The van der Waals surface area contributed by atoms with Crippen LogP contribution in [-0.4, -0.2) is 41.2 Å². The van der Waals surface area contributed by atoms with Crippen LogP contribution in [0, 0.1) is 12.8 Å². The number of hydrogen-bond acceptors (Lipinski definition) is 2. The Morgan fingerprint density at radius 1 is 1.36 bits per heavy atom. The number of benzene rings is 1. The molecule has 0 spiro atoms. The Labute approximate surface area is 133 Å². The van der Waals surface area contributed by atoms with Gasteiger partial charge in [-0.05, 0) is 25.8 Å². The lowest BCUT2D eigenvalue weighted by Gasteiger charge is -2.26. The fraction of sp³-hybridized carbons (Fsp3) is 0.556. The zero-order valence-electron chi connectivity index (χ0n) is 14.0. The first kappa shape index (κ1) is 16.5. The van der Waals surface area contributed by atoms with Crippen LogP contribution in [0.3, 0.4) is 0 Å². The summed E-state index contributed by atoms with van der Waals surface area (Å²) in [6.45, 7) is 7.28. The Balaban J connectivity index is 1.98. The lowest BCUT2D eigenvalue weighted by Crippen LogP contribution is -2.39. The van der Waals surface area contributed by atoms with Crippen molar-refractivity contribution in [2.45, 2.75) is 46.2 Å². The number of rotatable bonds is 5. The van der Waals surface area contributed by atoms with Gasteiger partial charge in [-0.25, -0.2) is 0 Å². The molecule has 2 atom stereocenters. The van der Waals surface area contributed by atoms with Crippen LogP contribution in [0.25, 0.3) is 0 Å². The Morgan fingerprint density at radius 3 is 2.59 bits per heavy atom. The molecule has 4 heteroatoms. The van der Waals surface area contributed by atoms with Crippen LogP contribution in [0.2, 0.25) is 0 Å². The van der Waals surface area contributed by atoms with Crippen molar-refractivity contribution in [3.63, 3.8) is 0 Å². The van der Waals surface area contributed by atoms with Crippen LogP contribution in [0.5, 0.6) is 0 Å². The fourth-order valence-corrected chi connectivity index (χ4v) is 2.78. The zero-order valence-corrected chi connectivity index (χ0v) is 14.0. The molecule has 2 rings (SSSR count). The lowest BCUT2D eigenvalue weighted by molar-refractivity contribution is -0.136. The quantitative estimate of drug-likeness (QED) is 0.839. The molecule has 1 aliphatic rings. The Morgan fingerprint density at radius 2 is 2.00 bits per heavy atom. The molecule has 1 heterocycles. The minimum absolute atomic E-state index is 0.0801. The van der Waals surface area contributed by atoms with Crippen LogP contribution in [0.15, 0.2) is 24.3 Å². The van der Waals surface area contributed by atoms with E-state index >= 15 is 0 Å². The molecule has 0 aromatic heterocycles. The van der Waals surface area contributed by atoms with Crippen molar-refractivity contribution in [3.8, 4) is 0 Å². The highest BCUT2D eigenvalue weighted by atomic mass is 16.2. The molecule has 0 saturated carbocycles. The van der Waals surface area contributed by atoms with Crippen molar-refractivity contribution in [2.24, 2.45) is 5.92 Å². The van der Waals surface area contributed by atoms with Crippen LogP contribution < -0.4 is 0 Å². The van der Waals surface area contributed by atoms with E-state index in [0.717, 1.165) is 12.0 Å². The number of amides is 2. The van der Waals surface area contributed by atoms with Gasteiger partial charge >= 0.3 is 0 Å². The van der Waals surface area contributed by atoms with E-state index in [1.54, 1.807) is 9.80 Å². The predicted molar refractivity (Wildman–Crippen MR) is 87.2 cm³/mol. The van der Waals surface area contributed by atoms with Crippen molar-refractivity contribution >= 4 is 11.8 Å². The van der Waals surface area contributed by atoms with Crippen molar-refractivity contribution < 1.29 is 9.59 Å². The number of carbonyl (C=O) groups is 2. The zero-order chi connectivity index (χ0) is 16.3. The van der Waals surface area contributed by atoms with Gasteiger partial charge < -0.3 is 9.80 Å². The summed E-state index contributed by atoms with van der Waals surface area (Å²) in [4.78, 5) is 28.2. The summed E-state index contributed by atoms with van der Waals surface area (Å²) in [7, 11) is 1.84. The fourth-order valence-electron chi connectivity index (χ4n) is 2.78. The monoisotopic (exact) mass is 302 g/mol. The number of aryl methyl sites for hydroxylation is 1. The van der Waals surface area contributed by atoms with Crippen LogP contribution in [0.4, 0.5) is 0 Å². The lowest BCUT2D eigenvalue weighted by atomic mass is 10.1.